The topological polar surface area (TPSA) is 84.9 Å². The number of aromatic nitrogens is 1. The molecule has 0 unspecified atom stereocenters. The van der Waals surface area contributed by atoms with Crippen molar-refractivity contribution in [3.63, 3.8) is 0 Å². The summed E-state index contributed by atoms with van der Waals surface area (Å²) in [6.07, 6.45) is 1.88. The number of hydrogen-bond acceptors (Lipinski definition) is 2. The van der Waals surface area contributed by atoms with Crippen LogP contribution in [-0.2, 0) is 6.42 Å². The Morgan fingerprint density at radius 2 is 2.15 bits per heavy atom. The lowest BCUT2D eigenvalue weighted by Crippen LogP contribution is -2.13. The summed E-state index contributed by atoms with van der Waals surface area (Å²) in [5, 5.41) is 0. The second-order valence-corrected chi connectivity index (χ2v) is 3.13. The van der Waals surface area contributed by atoms with Gasteiger partial charge in [0.15, 0.2) is 0 Å². The van der Waals surface area contributed by atoms with E-state index >= 15 is 0 Å². The second-order valence-electron chi connectivity index (χ2n) is 3.13. The number of aryl methyl sites for hydroxylation is 1. The van der Waals surface area contributed by atoms with Gasteiger partial charge in [-0.2, -0.15) is 0 Å². The fourth-order valence-electron chi connectivity index (χ4n) is 1.45. The van der Waals surface area contributed by atoms with Crippen molar-refractivity contribution in [1.82, 2.24) is 4.98 Å². The van der Waals surface area contributed by atoms with Crippen molar-refractivity contribution < 1.29 is 4.79 Å². The summed E-state index contributed by atoms with van der Waals surface area (Å²) >= 11 is 0. The second kappa shape index (κ2) is 3.51. The summed E-state index contributed by atoms with van der Waals surface area (Å²) in [6, 6.07) is 0. The Bertz CT molecular complexity index is 328. The number of nitrogens with two attached hydrogens (primary N) is 2. The molecule has 0 radical (unpaired) electrons. The van der Waals surface area contributed by atoms with E-state index in [0.29, 0.717) is 11.4 Å². The minimum absolute atomic E-state index is 0.334. The van der Waals surface area contributed by atoms with Gasteiger partial charge in [-0.25, -0.2) is 0 Å². The predicted octanol–water partition coefficient (Wildman–Crippen LogP) is 0.957. The fraction of sp³-hybridized carbons (Fsp3) is 0.444. The first kappa shape index (κ1) is 9.64. The van der Waals surface area contributed by atoms with Gasteiger partial charge in [0.05, 0.1) is 5.69 Å². The van der Waals surface area contributed by atoms with Crippen LogP contribution in [-0.4, -0.2) is 10.9 Å². The molecule has 0 aliphatic heterocycles. The van der Waals surface area contributed by atoms with E-state index in [1.807, 2.05) is 6.92 Å². The van der Waals surface area contributed by atoms with Crippen molar-refractivity contribution >= 4 is 11.6 Å². The Labute approximate surface area is 77.3 Å². The van der Waals surface area contributed by atoms with Gasteiger partial charge >= 0.3 is 0 Å². The molecule has 1 aromatic rings. The molecule has 0 aromatic carbocycles. The molecule has 0 aliphatic carbocycles. The lowest BCUT2D eigenvalue weighted by Gasteiger charge is -1.98. The first-order valence-corrected chi connectivity index (χ1v) is 4.34. The molecular weight excluding hydrogens is 166 g/mol. The van der Waals surface area contributed by atoms with Crippen LogP contribution in [0.25, 0.3) is 0 Å². The van der Waals surface area contributed by atoms with Gasteiger partial charge in [-0.15, -0.1) is 0 Å². The van der Waals surface area contributed by atoms with E-state index < -0.39 is 5.91 Å². The largest absolute Gasteiger partial charge is 0.397 e. The van der Waals surface area contributed by atoms with Crippen LogP contribution in [0.1, 0.15) is 35.1 Å². The number of rotatable bonds is 3. The van der Waals surface area contributed by atoms with E-state index in [-0.39, 0.29) is 0 Å². The van der Waals surface area contributed by atoms with Gasteiger partial charge < -0.3 is 16.5 Å². The molecule has 0 bridgehead atoms. The highest BCUT2D eigenvalue weighted by molar-refractivity contribution is 5.97. The molecule has 0 saturated carbocycles. The fourth-order valence-corrected chi connectivity index (χ4v) is 1.45. The number of carbonyl (C=O) groups excluding carboxylic acids is 1. The van der Waals surface area contributed by atoms with E-state index in [4.69, 9.17) is 11.5 Å². The normalized spacial score (nSPS) is 10.3. The summed E-state index contributed by atoms with van der Waals surface area (Å²) in [7, 11) is 0. The SMILES string of the molecule is CCCc1c(C)[nH]c(C(N)=O)c1N. The number of anilines is 1. The molecule has 0 aliphatic rings. The van der Waals surface area contributed by atoms with Gasteiger partial charge in [-0.1, -0.05) is 13.3 Å². The highest BCUT2D eigenvalue weighted by atomic mass is 16.1. The quantitative estimate of drug-likeness (QED) is 0.648. The maximum absolute atomic E-state index is 10.9. The molecule has 0 spiro atoms. The summed E-state index contributed by atoms with van der Waals surface area (Å²) in [5.74, 6) is -0.497. The maximum atomic E-state index is 10.9. The van der Waals surface area contributed by atoms with Gasteiger partial charge in [0, 0.05) is 5.69 Å². The molecule has 5 N–H and O–H groups in total. The third-order valence-corrected chi connectivity index (χ3v) is 2.11. The van der Waals surface area contributed by atoms with Crippen molar-refractivity contribution in [2.24, 2.45) is 5.73 Å². The van der Waals surface area contributed by atoms with E-state index in [2.05, 4.69) is 11.9 Å². The number of H-pyrrole nitrogens is 1. The van der Waals surface area contributed by atoms with Gasteiger partial charge in [0.2, 0.25) is 0 Å². The molecule has 13 heavy (non-hydrogen) atoms. The molecule has 4 nitrogen and oxygen atoms in total. The molecule has 1 heterocycles. The van der Waals surface area contributed by atoms with Gasteiger partial charge in [0.1, 0.15) is 5.69 Å². The number of nitrogen functional groups attached to an aromatic ring is 1. The Kier molecular flexibility index (Phi) is 2.60. The molecule has 0 atom stereocenters. The average Bonchev–Trinajstić information content (AvgIpc) is 2.32. The Hall–Kier alpha value is -1.45. The molecule has 1 rings (SSSR count). The van der Waals surface area contributed by atoms with Crippen molar-refractivity contribution in [3.8, 4) is 0 Å². The minimum Gasteiger partial charge on any atom is -0.397 e. The summed E-state index contributed by atoms with van der Waals surface area (Å²) in [4.78, 5) is 13.8. The lowest BCUT2D eigenvalue weighted by molar-refractivity contribution is 0.0997. The first-order valence-electron chi connectivity index (χ1n) is 4.34. The number of primary amides is 1. The Morgan fingerprint density at radius 1 is 1.54 bits per heavy atom. The number of amides is 1. The summed E-state index contributed by atoms with van der Waals surface area (Å²) in [6.45, 7) is 3.96. The third kappa shape index (κ3) is 1.66. The van der Waals surface area contributed by atoms with Crippen LogP contribution in [0.2, 0.25) is 0 Å². The zero-order valence-electron chi connectivity index (χ0n) is 7.98. The average molecular weight is 181 g/mol. The van der Waals surface area contributed by atoms with Crippen LogP contribution in [0.5, 0.6) is 0 Å². The zero-order chi connectivity index (χ0) is 10.0. The monoisotopic (exact) mass is 181 g/mol. The number of hydrogen-bond donors (Lipinski definition) is 3. The van der Waals surface area contributed by atoms with E-state index in [1.54, 1.807) is 0 Å². The predicted molar refractivity (Wildman–Crippen MR) is 52.5 cm³/mol. The van der Waals surface area contributed by atoms with E-state index in [9.17, 15) is 4.79 Å². The smallest absolute Gasteiger partial charge is 0.267 e. The number of nitrogens with one attached hydrogen (secondary N) is 1. The van der Waals surface area contributed by atoms with Gasteiger partial charge in [-0.05, 0) is 18.9 Å². The van der Waals surface area contributed by atoms with Crippen LogP contribution in [0.3, 0.4) is 0 Å². The van der Waals surface area contributed by atoms with Crippen LogP contribution in [0, 0.1) is 6.92 Å². The highest BCUT2D eigenvalue weighted by Crippen LogP contribution is 2.22. The van der Waals surface area contributed by atoms with Gasteiger partial charge in [0.25, 0.3) is 5.91 Å². The summed E-state index contributed by atoms with van der Waals surface area (Å²) in [5.41, 5.74) is 13.7. The van der Waals surface area contributed by atoms with Crippen molar-refractivity contribution in [2.45, 2.75) is 26.7 Å². The molecule has 4 heteroatoms. The molecule has 0 saturated heterocycles. The minimum atomic E-state index is -0.497. The molecule has 0 fully saturated rings. The molecule has 1 amide bonds. The third-order valence-electron chi connectivity index (χ3n) is 2.11. The maximum Gasteiger partial charge on any atom is 0.267 e. The number of aromatic amines is 1. The van der Waals surface area contributed by atoms with Crippen molar-refractivity contribution in [1.29, 1.82) is 0 Å². The van der Waals surface area contributed by atoms with Crippen molar-refractivity contribution in [2.75, 3.05) is 5.73 Å². The molecular formula is C9H15N3O. The Balaban J connectivity index is 3.14. The van der Waals surface area contributed by atoms with Crippen LogP contribution in [0.15, 0.2) is 0 Å². The highest BCUT2D eigenvalue weighted by Gasteiger charge is 2.14. The lowest BCUT2D eigenvalue weighted by atomic mass is 10.1. The van der Waals surface area contributed by atoms with Gasteiger partial charge in [-0.3, -0.25) is 4.79 Å². The van der Waals surface area contributed by atoms with Crippen molar-refractivity contribution in [3.05, 3.63) is 17.0 Å². The summed E-state index contributed by atoms with van der Waals surface area (Å²) < 4.78 is 0. The standard InChI is InChI=1S/C9H15N3O/c1-3-4-6-5(2)12-8(7(6)10)9(11)13/h12H,3-4,10H2,1-2H3,(H2,11,13). The zero-order valence-corrected chi connectivity index (χ0v) is 7.98. The van der Waals surface area contributed by atoms with E-state index in [1.165, 1.54) is 0 Å². The molecule has 1 aromatic heterocycles. The Morgan fingerprint density at radius 3 is 2.54 bits per heavy atom. The van der Waals surface area contributed by atoms with Crippen LogP contribution in [0.4, 0.5) is 5.69 Å². The molecule has 72 valence electrons. The van der Waals surface area contributed by atoms with Crippen LogP contribution < -0.4 is 11.5 Å². The van der Waals surface area contributed by atoms with E-state index in [0.717, 1.165) is 24.1 Å². The first-order chi connectivity index (χ1) is 6.07. The number of carbonyl (C=O) groups is 1. The van der Waals surface area contributed by atoms with Crippen LogP contribution >= 0.6 is 0 Å².